The van der Waals surface area contributed by atoms with Crippen LogP contribution in [0.3, 0.4) is 0 Å². The summed E-state index contributed by atoms with van der Waals surface area (Å²) in [5.74, 6) is 0. The van der Waals surface area contributed by atoms with Crippen LogP contribution in [0.25, 0.3) is 10.8 Å². The smallest absolute Gasteiger partial charge is 0.282 e. The molecule has 112 valence electrons. The van der Waals surface area contributed by atoms with Crippen LogP contribution in [0, 0.1) is 0 Å². The lowest BCUT2D eigenvalue weighted by Gasteiger charge is -2.19. The second kappa shape index (κ2) is 5.79. The Labute approximate surface area is 139 Å². The SMILES string of the molecule is FC(F)(F)c1ccc(N(I)c2cccc3ccccc23)cc1. The molecule has 0 aliphatic carbocycles. The molecule has 0 heterocycles. The van der Waals surface area contributed by atoms with Gasteiger partial charge in [-0.15, -0.1) is 0 Å². The van der Waals surface area contributed by atoms with Crippen molar-refractivity contribution in [3.63, 3.8) is 0 Å². The molecule has 3 aromatic carbocycles. The fraction of sp³-hybridized carbons (Fsp3) is 0.0588. The quantitative estimate of drug-likeness (QED) is 0.350. The van der Waals surface area contributed by atoms with Gasteiger partial charge in [0.25, 0.3) is 0 Å². The van der Waals surface area contributed by atoms with Gasteiger partial charge >= 0.3 is 6.18 Å². The third kappa shape index (κ3) is 2.90. The molecule has 22 heavy (non-hydrogen) atoms. The molecule has 0 saturated carbocycles. The molecule has 0 aromatic heterocycles. The predicted octanol–water partition coefficient (Wildman–Crippen LogP) is 6.35. The van der Waals surface area contributed by atoms with Gasteiger partial charge < -0.3 is 0 Å². The Kier molecular flexibility index (Phi) is 3.99. The molecule has 3 aromatic rings. The fourth-order valence-corrected chi connectivity index (χ4v) is 3.04. The molecular formula is C17H11F3IN. The zero-order valence-corrected chi connectivity index (χ0v) is 13.5. The van der Waals surface area contributed by atoms with Crippen molar-refractivity contribution in [1.29, 1.82) is 0 Å². The van der Waals surface area contributed by atoms with E-state index in [1.54, 1.807) is 0 Å². The van der Waals surface area contributed by atoms with Gasteiger partial charge in [0.1, 0.15) is 0 Å². The minimum atomic E-state index is -4.31. The monoisotopic (exact) mass is 413 g/mol. The molecule has 0 aliphatic rings. The number of fused-ring (bicyclic) bond motifs is 1. The van der Waals surface area contributed by atoms with Crippen LogP contribution in [0.1, 0.15) is 5.56 Å². The molecule has 0 aliphatic heterocycles. The maximum atomic E-state index is 12.6. The average Bonchev–Trinajstić information content (AvgIpc) is 2.53. The second-order valence-corrected chi connectivity index (χ2v) is 5.79. The van der Waals surface area contributed by atoms with Gasteiger partial charge in [-0.2, -0.15) is 13.2 Å². The van der Waals surface area contributed by atoms with Crippen LogP contribution in [0.4, 0.5) is 24.5 Å². The highest BCUT2D eigenvalue weighted by Gasteiger charge is 2.30. The molecule has 0 N–H and O–H groups in total. The fourth-order valence-electron chi connectivity index (χ4n) is 2.30. The molecule has 0 amide bonds. The van der Waals surface area contributed by atoms with E-state index in [1.807, 2.05) is 45.6 Å². The standard InChI is InChI=1S/C17H11F3IN/c18-17(19,20)13-8-10-14(11-9-13)22(21)16-7-3-5-12-4-1-2-6-15(12)16/h1-11H. The molecule has 0 bridgehead atoms. The molecular weight excluding hydrogens is 402 g/mol. The van der Waals surface area contributed by atoms with Crippen LogP contribution in [-0.4, -0.2) is 0 Å². The van der Waals surface area contributed by atoms with Crippen LogP contribution < -0.4 is 3.11 Å². The zero-order valence-electron chi connectivity index (χ0n) is 11.3. The summed E-state index contributed by atoms with van der Waals surface area (Å²) >= 11 is 2.11. The van der Waals surface area contributed by atoms with Crippen molar-refractivity contribution in [2.75, 3.05) is 3.11 Å². The van der Waals surface area contributed by atoms with Gasteiger partial charge in [-0.1, -0.05) is 36.4 Å². The molecule has 0 atom stereocenters. The van der Waals surface area contributed by atoms with Crippen molar-refractivity contribution in [3.05, 3.63) is 72.3 Å². The van der Waals surface area contributed by atoms with E-state index in [1.165, 1.54) is 12.1 Å². The van der Waals surface area contributed by atoms with Gasteiger partial charge in [0.05, 0.1) is 39.8 Å². The van der Waals surface area contributed by atoms with Crippen molar-refractivity contribution in [1.82, 2.24) is 0 Å². The summed E-state index contributed by atoms with van der Waals surface area (Å²) in [6.45, 7) is 0. The normalized spacial score (nSPS) is 11.6. The highest BCUT2D eigenvalue weighted by molar-refractivity contribution is 14.1. The minimum Gasteiger partial charge on any atom is -0.282 e. The topological polar surface area (TPSA) is 3.24 Å². The zero-order chi connectivity index (χ0) is 15.7. The van der Waals surface area contributed by atoms with Gasteiger partial charge in [-0.3, -0.25) is 3.11 Å². The first-order valence-corrected chi connectivity index (χ1v) is 7.54. The largest absolute Gasteiger partial charge is 0.416 e. The average molecular weight is 413 g/mol. The van der Waals surface area contributed by atoms with Crippen molar-refractivity contribution in [2.24, 2.45) is 0 Å². The molecule has 3 rings (SSSR count). The molecule has 0 spiro atoms. The van der Waals surface area contributed by atoms with Gasteiger partial charge in [0.2, 0.25) is 0 Å². The highest BCUT2D eigenvalue weighted by Crippen LogP contribution is 2.37. The van der Waals surface area contributed by atoms with Gasteiger partial charge in [-0.25, -0.2) is 0 Å². The first-order valence-electron chi connectivity index (χ1n) is 6.58. The Morgan fingerprint density at radius 2 is 1.41 bits per heavy atom. The molecule has 0 fully saturated rings. The molecule has 0 saturated heterocycles. The summed E-state index contributed by atoms with van der Waals surface area (Å²) in [6.07, 6.45) is -4.31. The number of halogens is 4. The van der Waals surface area contributed by atoms with Crippen molar-refractivity contribution < 1.29 is 13.2 Å². The van der Waals surface area contributed by atoms with E-state index in [2.05, 4.69) is 22.9 Å². The Bertz CT molecular complexity index is 792. The molecule has 5 heteroatoms. The number of nitrogens with zero attached hydrogens (tertiary/aromatic N) is 1. The first kappa shape index (κ1) is 15.1. The number of anilines is 2. The van der Waals surface area contributed by atoms with Gasteiger partial charge in [-0.05, 0) is 35.7 Å². The maximum Gasteiger partial charge on any atom is 0.416 e. The van der Waals surface area contributed by atoms with E-state index in [0.29, 0.717) is 5.69 Å². The Balaban J connectivity index is 2.01. The molecule has 0 unspecified atom stereocenters. The molecule has 1 nitrogen and oxygen atoms in total. The Morgan fingerprint density at radius 3 is 2.09 bits per heavy atom. The van der Waals surface area contributed by atoms with Crippen LogP contribution in [0.15, 0.2) is 66.7 Å². The summed E-state index contributed by atoms with van der Waals surface area (Å²) < 4.78 is 39.8. The predicted molar refractivity (Wildman–Crippen MR) is 91.6 cm³/mol. The minimum absolute atomic E-state index is 0.640. The van der Waals surface area contributed by atoms with Crippen molar-refractivity contribution in [3.8, 4) is 0 Å². The lowest BCUT2D eigenvalue weighted by atomic mass is 10.1. The van der Waals surface area contributed by atoms with Crippen LogP contribution in [0.2, 0.25) is 0 Å². The van der Waals surface area contributed by atoms with E-state index in [9.17, 15) is 13.2 Å². The van der Waals surface area contributed by atoms with Crippen molar-refractivity contribution in [2.45, 2.75) is 6.18 Å². The van der Waals surface area contributed by atoms with Crippen LogP contribution in [0.5, 0.6) is 0 Å². The first-order chi connectivity index (χ1) is 10.5. The number of hydrogen-bond donors (Lipinski definition) is 0. The van der Waals surface area contributed by atoms with Crippen molar-refractivity contribution >= 4 is 45.0 Å². The number of alkyl halides is 3. The third-order valence-corrected chi connectivity index (χ3v) is 4.48. The summed E-state index contributed by atoms with van der Waals surface area (Å²) in [7, 11) is 0. The number of hydrogen-bond acceptors (Lipinski definition) is 1. The summed E-state index contributed by atoms with van der Waals surface area (Å²) in [5, 5.41) is 2.15. The second-order valence-electron chi connectivity index (χ2n) is 4.82. The summed E-state index contributed by atoms with van der Waals surface area (Å²) in [6, 6.07) is 19.0. The van der Waals surface area contributed by atoms with Gasteiger partial charge in [0, 0.05) is 5.39 Å². The number of rotatable bonds is 2. The number of benzene rings is 3. The van der Waals surface area contributed by atoms with Gasteiger partial charge in [0.15, 0.2) is 0 Å². The third-order valence-electron chi connectivity index (χ3n) is 3.40. The lowest BCUT2D eigenvalue weighted by molar-refractivity contribution is -0.137. The summed E-state index contributed by atoms with van der Waals surface area (Å²) in [4.78, 5) is 0. The van der Waals surface area contributed by atoms with E-state index in [4.69, 9.17) is 0 Å². The molecule has 0 radical (unpaired) electrons. The van der Waals surface area contributed by atoms with E-state index < -0.39 is 11.7 Å². The van der Waals surface area contributed by atoms with Crippen LogP contribution >= 0.6 is 22.9 Å². The van der Waals surface area contributed by atoms with E-state index >= 15 is 0 Å². The van der Waals surface area contributed by atoms with E-state index in [0.717, 1.165) is 28.6 Å². The van der Waals surface area contributed by atoms with E-state index in [-0.39, 0.29) is 0 Å². The maximum absolute atomic E-state index is 12.6. The summed E-state index contributed by atoms with van der Waals surface area (Å²) in [5.41, 5.74) is 1.00. The van der Waals surface area contributed by atoms with Crippen LogP contribution in [-0.2, 0) is 6.18 Å². The Morgan fingerprint density at radius 1 is 0.773 bits per heavy atom. The highest BCUT2D eigenvalue weighted by atomic mass is 127. The lowest BCUT2D eigenvalue weighted by Crippen LogP contribution is -2.06. The Hall–Kier alpha value is -1.76.